The van der Waals surface area contributed by atoms with Crippen LogP contribution in [0.2, 0.25) is 0 Å². The van der Waals surface area contributed by atoms with Crippen LogP contribution in [0.15, 0.2) is 96.6 Å². The Morgan fingerprint density at radius 1 is 0.700 bits per heavy atom. The molecule has 3 nitrogen and oxygen atoms in total. The molecule has 1 N–H and O–H groups in total. The summed E-state index contributed by atoms with van der Waals surface area (Å²) in [6.07, 6.45) is -4.58. The minimum Gasteiger partial charge on any atom is -0.456 e. The summed E-state index contributed by atoms with van der Waals surface area (Å²) in [6.45, 7) is 0. The Balaban J connectivity index is 1.81. The van der Waals surface area contributed by atoms with E-state index >= 15 is 0 Å². The largest absolute Gasteiger partial charge is 0.456 e. The molecule has 152 valence electrons. The normalized spacial score (nSPS) is 15.6. The Labute approximate surface area is 171 Å². The first-order valence-corrected chi connectivity index (χ1v) is 11.0. The average Bonchev–Trinajstić information content (AvgIpc) is 2.74. The third-order valence-electron chi connectivity index (χ3n) is 4.48. The number of para-hydroxylation sites is 1. The molecule has 0 saturated heterocycles. The average molecular weight is 427 g/mol. The maximum atomic E-state index is 13.7. The SMILES string of the molecule is O=P1(Nc2ccccc2C(F)(F)F)C=C(c2ccccc2)OC(c2ccccc2)=C1. The zero-order valence-electron chi connectivity index (χ0n) is 15.6. The van der Waals surface area contributed by atoms with Gasteiger partial charge < -0.3 is 9.82 Å². The van der Waals surface area contributed by atoms with E-state index in [2.05, 4.69) is 5.09 Å². The van der Waals surface area contributed by atoms with Crippen molar-refractivity contribution < 1.29 is 22.5 Å². The number of anilines is 1. The summed E-state index contributed by atoms with van der Waals surface area (Å²) in [7, 11) is -3.57. The van der Waals surface area contributed by atoms with E-state index in [1.807, 2.05) is 12.1 Å². The lowest BCUT2D eigenvalue weighted by Crippen LogP contribution is -2.10. The van der Waals surface area contributed by atoms with Crippen LogP contribution < -0.4 is 5.09 Å². The van der Waals surface area contributed by atoms with Crippen LogP contribution in [0.1, 0.15) is 16.7 Å². The molecule has 0 amide bonds. The molecule has 0 aliphatic carbocycles. The van der Waals surface area contributed by atoms with Crippen molar-refractivity contribution >= 4 is 24.5 Å². The Morgan fingerprint density at radius 2 is 1.17 bits per heavy atom. The second-order valence-corrected chi connectivity index (χ2v) is 8.84. The molecule has 0 bridgehead atoms. The highest BCUT2D eigenvalue weighted by molar-refractivity contribution is 7.72. The summed E-state index contributed by atoms with van der Waals surface area (Å²) in [6, 6.07) is 23.0. The number of benzene rings is 3. The highest BCUT2D eigenvalue weighted by atomic mass is 31.2. The molecule has 0 spiro atoms. The van der Waals surface area contributed by atoms with Crippen LogP contribution >= 0.6 is 7.29 Å². The van der Waals surface area contributed by atoms with Crippen molar-refractivity contribution in [2.45, 2.75) is 6.18 Å². The lowest BCUT2D eigenvalue weighted by Gasteiger charge is -2.25. The summed E-state index contributed by atoms with van der Waals surface area (Å²) in [5.74, 6) is 3.36. The van der Waals surface area contributed by atoms with Gasteiger partial charge in [-0.1, -0.05) is 72.8 Å². The molecule has 0 fully saturated rings. The number of hydrogen-bond donors (Lipinski definition) is 1. The molecule has 1 heterocycles. The Kier molecular flexibility index (Phi) is 5.27. The van der Waals surface area contributed by atoms with Gasteiger partial charge in [0, 0.05) is 22.8 Å². The van der Waals surface area contributed by atoms with Gasteiger partial charge in [-0.3, -0.25) is 4.57 Å². The van der Waals surface area contributed by atoms with Crippen molar-refractivity contribution in [1.29, 1.82) is 0 Å². The van der Waals surface area contributed by atoms with Gasteiger partial charge in [0.15, 0.2) is 0 Å². The van der Waals surface area contributed by atoms with Crippen LogP contribution in [-0.2, 0) is 15.5 Å². The summed E-state index contributed by atoms with van der Waals surface area (Å²) in [5.41, 5.74) is 0.217. The molecule has 3 aromatic rings. The number of halogens is 3. The van der Waals surface area contributed by atoms with Gasteiger partial charge in [0.1, 0.15) is 11.5 Å². The molecular weight excluding hydrogens is 410 g/mol. The van der Waals surface area contributed by atoms with Crippen molar-refractivity contribution in [2.24, 2.45) is 0 Å². The summed E-state index contributed by atoms with van der Waals surface area (Å²) < 4.78 is 60.0. The Morgan fingerprint density at radius 3 is 1.67 bits per heavy atom. The Bertz CT molecular complexity index is 1100. The predicted molar refractivity (Wildman–Crippen MR) is 113 cm³/mol. The molecule has 0 atom stereocenters. The summed E-state index contributed by atoms with van der Waals surface area (Å²) in [4.78, 5) is 0. The van der Waals surface area contributed by atoms with E-state index in [1.165, 1.54) is 29.8 Å². The maximum Gasteiger partial charge on any atom is 0.418 e. The van der Waals surface area contributed by atoms with Crippen LogP contribution in [-0.4, -0.2) is 0 Å². The zero-order valence-corrected chi connectivity index (χ0v) is 16.5. The molecule has 4 rings (SSSR count). The molecule has 3 aromatic carbocycles. The third-order valence-corrected chi connectivity index (χ3v) is 6.31. The fourth-order valence-electron chi connectivity index (χ4n) is 3.11. The first-order valence-electron chi connectivity index (χ1n) is 9.12. The van der Waals surface area contributed by atoms with Gasteiger partial charge in [-0.25, -0.2) is 0 Å². The standard InChI is InChI=1S/C23H17F3NO2P/c24-23(25,26)19-13-7-8-14-20(19)27-30(28)15-21(17-9-3-1-4-10-17)29-22(16-30)18-11-5-2-6-12-18/h1-16H,(H,27,28). The number of rotatable bonds is 4. The molecule has 30 heavy (non-hydrogen) atoms. The van der Waals surface area contributed by atoms with E-state index < -0.39 is 19.0 Å². The topological polar surface area (TPSA) is 38.3 Å². The van der Waals surface area contributed by atoms with Crippen molar-refractivity contribution in [3.63, 3.8) is 0 Å². The van der Waals surface area contributed by atoms with Gasteiger partial charge >= 0.3 is 6.18 Å². The first-order chi connectivity index (χ1) is 14.3. The predicted octanol–water partition coefficient (Wildman–Crippen LogP) is 7.42. The van der Waals surface area contributed by atoms with E-state index in [-0.39, 0.29) is 5.69 Å². The molecule has 0 saturated carbocycles. The highest BCUT2D eigenvalue weighted by Crippen LogP contribution is 2.57. The number of hydrogen-bond acceptors (Lipinski definition) is 2. The minimum atomic E-state index is -4.58. The fourth-order valence-corrected chi connectivity index (χ4v) is 4.98. The Hall–Kier alpha value is -3.24. The minimum absolute atomic E-state index is 0.248. The summed E-state index contributed by atoms with van der Waals surface area (Å²) in [5, 5.41) is 2.63. The number of alkyl halides is 3. The highest BCUT2D eigenvalue weighted by Gasteiger charge is 2.35. The van der Waals surface area contributed by atoms with Gasteiger partial charge in [-0.05, 0) is 12.1 Å². The van der Waals surface area contributed by atoms with Crippen LogP contribution in [0, 0.1) is 0 Å². The summed E-state index contributed by atoms with van der Waals surface area (Å²) >= 11 is 0. The number of nitrogens with one attached hydrogen (secondary N) is 1. The monoisotopic (exact) mass is 427 g/mol. The van der Waals surface area contributed by atoms with Crippen LogP contribution in [0.3, 0.4) is 0 Å². The van der Waals surface area contributed by atoms with Gasteiger partial charge in [-0.2, -0.15) is 13.2 Å². The van der Waals surface area contributed by atoms with Crippen molar-refractivity contribution in [3.05, 3.63) is 113 Å². The second kappa shape index (κ2) is 7.88. The first kappa shape index (κ1) is 20.0. The lowest BCUT2D eigenvalue weighted by molar-refractivity contribution is -0.136. The van der Waals surface area contributed by atoms with E-state index in [0.717, 1.165) is 6.07 Å². The maximum absolute atomic E-state index is 13.7. The zero-order chi connectivity index (χ0) is 21.2. The smallest absolute Gasteiger partial charge is 0.418 e. The van der Waals surface area contributed by atoms with E-state index in [1.54, 1.807) is 48.5 Å². The van der Waals surface area contributed by atoms with Gasteiger partial charge in [-0.15, -0.1) is 0 Å². The van der Waals surface area contributed by atoms with Crippen molar-refractivity contribution in [3.8, 4) is 0 Å². The van der Waals surface area contributed by atoms with E-state index in [0.29, 0.717) is 22.6 Å². The molecular formula is C23H17F3NO2P. The van der Waals surface area contributed by atoms with Crippen LogP contribution in [0.4, 0.5) is 18.9 Å². The van der Waals surface area contributed by atoms with Crippen LogP contribution in [0.25, 0.3) is 11.5 Å². The fraction of sp³-hybridized carbons (Fsp3) is 0.0435. The molecule has 0 radical (unpaired) electrons. The lowest BCUT2D eigenvalue weighted by atomic mass is 10.2. The number of ether oxygens (including phenoxy) is 1. The quantitative estimate of drug-likeness (QED) is 0.440. The van der Waals surface area contributed by atoms with Gasteiger partial charge in [0.05, 0.1) is 11.3 Å². The van der Waals surface area contributed by atoms with E-state index in [9.17, 15) is 17.7 Å². The van der Waals surface area contributed by atoms with E-state index in [4.69, 9.17) is 4.74 Å². The van der Waals surface area contributed by atoms with Crippen molar-refractivity contribution in [1.82, 2.24) is 0 Å². The molecule has 1 aliphatic rings. The third kappa shape index (κ3) is 4.34. The molecule has 0 aromatic heterocycles. The molecule has 0 unspecified atom stereocenters. The van der Waals surface area contributed by atoms with Crippen LogP contribution in [0.5, 0.6) is 0 Å². The van der Waals surface area contributed by atoms with Crippen molar-refractivity contribution in [2.75, 3.05) is 5.09 Å². The molecule has 1 aliphatic heterocycles. The van der Waals surface area contributed by atoms with Gasteiger partial charge in [0.2, 0.25) is 7.29 Å². The molecule has 7 heteroatoms. The van der Waals surface area contributed by atoms with Gasteiger partial charge in [0.25, 0.3) is 0 Å². The second-order valence-electron chi connectivity index (χ2n) is 6.69.